The third-order valence-electron chi connectivity index (χ3n) is 3.99. The number of imidazole rings is 1. The molecule has 22 heavy (non-hydrogen) atoms. The molecule has 5 heteroatoms. The maximum absolute atomic E-state index is 4.52. The molecular weight excluding hydrogens is 274 g/mol. The third kappa shape index (κ3) is 1.98. The van der Waals surface area contributed by atoms with Gasteiger partial charge in [-0.2, -0.15) is 0 Å². The van der Waals surface area contributed by atoms with Crippen LogP contribution in [0.2, 0.25) is 0 Å². The fourth-order valence-corrected chi connectivity index (χ4v) is 2.61. The van der Waals surface area contributed by atoms with Gasteiger partial charge in [-0.25, -0.2) is 4.98 Å². The number of aromatic nitrogens is 5. The Hall–Kier alpha value is -2.95. The maximum atomic E-state index is 4.52. The van der Waals surface area contributed by atoms with Gasteiger partial charge in [0, 0.05) is 5.69 Å². The Balaban J connectivity index is 1.89. The predicted octanol–water partition coefficient (Wildman–Crippen LogP) is 3.22. The van der Waals surface area contributed by atoms with Crippen LogP contribution in [0.3, 0.4) is 0 Å². The van der Waals surface area contributed by atoms with E-state index >= 15 is 0 Å². The summed E-state index contributed by atoms with van der Waals surface area (Å²) in [6, 6.07) is 12.5. The molecule has 0 N–H and O–H groups in total. The molecule has 0 atom stereocenters. The van der Waals surface area contributed by atoms with Gasteiger partial charge in [-0.15, -0.1) is 10.2 Å². The van der Waals surface area contributed by atoms with Crippen LogP contribution in [0, 0.1) is 13.8 Å². The van der Waals surface area contributed by atoms with E-state index in [4.69, 9.17) is 0 Å². The Morgan fingerprint density at radius 3 is 2.36 bits per heavy atom. The van der Waals surface area contributed by atoms with Crippen LogP contribution in [0.15, 0.2) is 55.4 Å². The van der Waals surface area contributed by atoms with Gasteiger partial charge in [0.05, 0.1) is 16.7 Å². The van der Waals surface area contributed by atoms with Crippen LogP contribution in [0.4, 0.5) is 0 Å². The van der Waals surface area contributed by atoms with Crippen LogP contribution in [-0.4, -0.2) is 24.3 Å². The molecule has 0 bridgehead atoms. The molecule has 2 heterocycles. The molecule has 4 aromatic rings. The fraction of sp³-hybridized carbons (Fsp3) is 0.118. The lowest BCUT2D eigenvalue weighted by Gasteiger charge is -2.08. The summed E-state index contributed by atoms with van der Waals surface area (Å²) in [5, 5.41) is 7.71. The Labute approximate surface area is 127 Å². The van der Waals surface area contributed by atoms with Crippen LogP contribution in [0.5, 0.6) is 0 Å². The van der Waals surface area contributed by atoms with Gasteiger partial charge in [0.15, 0.2) is 0 Å². The smallest absolute Gasteiger partial charge is 0.123 e. The summed E-state index contributed by atoms with van der Waals surface area (Å²) in [5.74, 6) is 0. The third-order valence-corrected chi connectivity index (χ3v) is 3.99. The van der Waals surface area contributed by atoms with Gasteiger partial charge in [0.1, 0.15) is 19.0 Å². The van der Waals surface area contributed by atoms with Crippen LogP contribution >= 0.6 is 0 Å². The maximum Gasteiger partial charge on any atom is 0.123 e. The first-order valence-corrected chi connectivity index (χ1v) is 7.12. The summed E-state index contributed by atoms with van der Waals surface area (Å²) in [5.41, 5.74) is 6.74. The highest BCUT2D eigenvalue weighted by molar-refractivity contribution is 5.79. The van der Waals surface area contributed by atoms with Crippen LogP contribution in [-0.2, 0) is 0 Å². The quantitative estimate of drug-likeness (QED) is 0.569. The van der Waals surface area contributed by atoms with Crippen molar-refractivity contribution in [2.24, 2.45) is 0 Å². The Morgan fingerprint density at radius 1 is 0.818 bits per heavy atom. The van der Waals surface area contributed by atoms with Gasteiger partial charge in [-0.05, 0) is 55.3 Å². The topological polar surface area (TPSA) is 48.5 Å². The Kier molecular flexibility index (Phi) is 2.79. The highest BCUT2D eigenvalue weighted by atomic mass is 15.2. The Morgan fingerprint density at radius 2 is 1.55 bits per heavy atom. The summed E-state index contributed by atoms with van der Waals surface area (Å²) in [6.07, 6.45) is 5.26. The van der Waals surface area contributed by atoms with Crippen molar-refractivity contribution in [3.63, 3.8) is 0 Å². The van der Waals surface area contributed by atoms with E-state index in [-0.39, 0.29) is 0 Å². The first kappa shape index (κ1) is 12.8. The normalized spacial score (nSPS) is 11.2. The first-order chi connectivity index (χ1) is 10.7. The second-order valence-electron chi connectivity index (χ2n) is 5.43. The second-order valence-corrected chi connectivity index (χ2v) is 5.43. The number of rotatable bonds is 2. The molecule has 0 aliphatic rings. The average Bonchev–Trinajstić information content (AvgIpc) is 3.18. The van der Waals surface area contributed by atoms with E-state index in [1.165, 1.54) is 11.1 Å². The number of fused-ring (bicyclic) bond motifs is 1. The fourth-order valence-electron chi connectivity index (χ4n) is 2.61. The average molecular weight is 289 g/mol. The monoisotopic (exact) mass is 289 g/mol. The van der Waals surface area contributed by atoms with Crippen molar-refractivity contribution in [3.05, 3.63) is 66.5 Å². The van der Waals surface area contributed by atoms with E-state index in [2.05, 4.69) is 57.9 Å². The standard InChI is InChI=1S/C17H15N5/c1-12-6-16-17(7-13(12)2)22(9-18-16)15-5-3-4-14(8-15)21-10-19-20-11-21/h3-11H,1-2H3. The van der Waals surface area contributed by atoms with E-state index in [0.29, 0.717) is 0 Å². The van der Waals surface area contributed by atoms with Crippen molar-refractivity contribution >= 4 is 11.0 Å². The summed E-state index contributed by atoms with van der Waals surface area (Å²) in [6.45, 7) is 4.24. The summed E-state index contributed by atoms with van der Waals surface area (Å²) >= 11 is 0. The molecular formula is C17H15N5. The molecule has 0 fully saturated rings. The zero-order valence-corrected chi connectivity index (χ0v) is 12.4. The molecule has 0 saturated heterocycles. The molecule has 0 saturated carbocycles. The predicted molar refractivity (Wildman–Crippen MR) is 85.5 cm³/mol. The molecule has 0 unspecified atom stereocenters. The SMILES string of the molecule is Cc1cc2ncn(-c3cccc(-n4cnnc4)c3)c2cc1C. The van der Waals surface area contributed by atoms with Crippen LogP contribution in [0.25, 0.3) is 22.4 Å². The van der Waals surface area contributed by atoms with Crippen molar-refractivity contribution in [1.82, 2.24) is 24.3 Å². The highest BCUT2D eigenvalue weighted by Gasteiger charge is 2.07. The zero-order chi connectivity index (χ0) is 15.1. The van der Waals surface area contributed by atoms with Crippen molar-refractivity contribution in [2.75, 3.05) is 0 Å². The lowest BCUT2D eigenvalue weighted by Crippen LogP contribution is -1.96. The van der Waals surface area contributed by atoms with Gasteiger partial charge in [0.25, 0.3) is 0 Å². The molecule has 0 aliphatic carbocycles. The van der Waals surface area contributed by atoms with Gasteiger partial charge in [-0.3, -0.25) is 9.13 Å². The lowest BCUT2D eigenvalue weighted by atomic mass is 10.1. The molecule has 2 aromatic carbocycles. The van der Waals surface area contributed by atoms with Crippen molar-refractivity contribution in [2.45, 2.75) is 13.8 Å². The number of nitrogens with zero attached hydrogens (tertiary/aromatic N) is 5. The van der Waals surface area contributed by atoms with E-state index in [1.807, 2.05) is 23.0 Å². The van der Waals surface area contributed by atoms with Crippen LogP contribution < -0.4 is 0 Å². The summed E-state index contributed by atoms with van der Waals surface area (Å²) < 4.78 is 3.99. The van der Waals surface area contributed by atoms with E-state index in [1.54, 1.807) is 12.7 Å². The lowest BCUT2D eigenvalue weighted by molar-refractivity contribution is 1.03. The number of benzene rings is 2. The minimum Gasteiger partial charge on any atom is -0.299 e. The van der Waals surface area contributed by atoms with E-state index in [0.717, 1.165) is 22.4 Å². The van der Waals surface area contributed by atoms with Gasteiger partial charge in [-0.1, -0.05) is 6.07 Å². The van der Waals surface area contributed by atoms with Crippen LogP contribution in [0.1, 0.15) is 11.1 Å². The zero-order valence-electron chi connectivity index (χ0n) is 12.4. The number of hydrogen-bond donors (Lipinski definition) is 0. The van der Waals surface area contributed by atoms with Gasteiger partial charge >= 0.3 is 0 Å². The van der Waals surface area contributed by atoms with E-state index < -0.39 is 0 Å². The molecule has 108 valence electrons. The minimum atomic E-state index is 1.01. The summed E-state index contributed by atoms with van der Waals surface area (Å²) in [7, 11) is 0. The second kappa shape index (κ2) is 4.80. The molecule has 5 nitrogen and oxygen atoms in total. The van der Waals surface area contributed by atoms with Gasteiger partial charge in [0.2, 0.25) is 0 Å². The van der Waals surface area contributed by atoms with Crippen molar-refractivity contribution in [1.29, 1.82) is 0 Å². The molecule has 0 radical (unpaired) electrons. The molecule has 4 rings (SSSR count). The molecule has 0 aliphatic heterocycles. The minimum absolute atomic E-state index is 1.01. The Bertz CT molecular complexity index is 951. The highest BCUT2D eigenvalue weighted by Crippen LogP contribution is 2.23. The van der Waals surface area contributed by atoms with E-state index in [9.17, 15) is 0 Å². The largest absolute Gasteiger partial charge is 0.299 e. The molecule has 2 aromatic heterocycles. The molecule has 0 spiro atoms. The van der Waals surface area contributed by atoms with Crippen molar-refractivity contribution in [3.8, 4) is 11.4 Å². The number of aryl methyl sites for hydroxylation is 2. The number of hydrogen-bond acceptors (Lipinski definition) is 3. The summed E-state index contributed by atoms with van der Waals surface area (Å²) in [4.78, 5) is 4.52. The first-order valence-electron chi connectivity index (χ1n) is 7.12. The van der Waals surface area contributed by atoms with Gasteiger partial charge < -0.3 is 0 Å². The molecule has 0 amide bonds. The van der Waals surface area contributed by atoms with Crippen molar-refractivity contribution < 1.29 is 0 Å².